The van der Waals surface area contributed by atoms with Crippen LogP contribution in [0, 0.1) is 6.92 Å². The van der Waals surface area contributed by atoms with E-state index in [2.05, 4.69) is 4.98 Å². The Morgan fingerprint density at radius 3 is 2.55 bits per heavy atom. The predicted octanol–water partition coefficient (Wildman–Crippen LogP) is 2.88. The number of ether oxygens (including phenoxy) is 2. The summed E-state index contributed by atoms with van der Waals surface area (Å²) in [4.78, 5) is 18.1. The molecule has 0 radical (unpaired) electrons. The van der Waals surface area contributed by atoms with Crippen molar-refractivity contribution in [3.63, 3.8) is 0 Å². The molecule has 0 N–H and O–H groups in total. The molecule has 0 amide bonds. The van der Waals surface area contributed by atoms with Gasteiger partial charge in [-0.2, -0.15) is 0 Å². The highest BCUT2D eigenvalue weighted by Gasteiger charge is 2.32. The van der Waals surface area contributed by atoms with Crippen LogP contribution in [0.4, 0.5) is 0 Å². The Kier molecular flexibility index (Phi) is 5.55. The third-order valence-electron chi connectivity index (χ3n) is 5.44. The molecule has 1 atom stereocenters. The van der Waals surface area contributed by atoms with Gasteiger partial charge in [-0.25, -0.2) is 18.2 Å². The van der Waals surface area contributed by atoms with Crippen LogP contribution in [0.1, 0.15) is 43.1 Å². The van der Waals surface area contributed by atoms with Gasteiger partial charge >= 0.3 is 5.69 Å². The summed E-state index contributed by atoms with van der Waals surface area (Å²) < 4.78 is 39.0. The lowest BCUT2D eigenvalue weighted by Gasteiger charge is -2.19. The number of hydrogen-bond donors (Lipinski definition) is 0. The van der Waals surface area contributed by atoms with Crippen LogP contribution in [0.25, 0.3) is 11.0 Å². The minimum atomic E-state index is -3.43. The molecule has 8 nitrogen and oxygen atoms in total. The minimum Gasteiger partial charge on any atom is -0.491 e. The molecule has 0 bridgehead atoms. The molecule has 2 aromatic heterocycles. The Labute approximate surface area is 181 Å². The number of nitrogens with zero attached hydrogens (tertiary/aromatic N) is 3. The highest BCUT2D eigenvalue weighted by Crippen LogP contribution is 2.37. The number of pyridine rings is 1. The average molecular weight is 446 g/mol. The normalized spacial score (nSPS) is 15.2. The van der Waals surface area contributed by atoms with Gasteiger partial charge in [0.25, 0.3) is 5.88 Å². The summed E-state index contributed by atoms with van der Waals surface area (Å²) in [5, 5.41) is 0. The quantitative estimate of drug-likeness (QED) is 0.529. The van der Waals surface area contributed by atoms with E-state index in [1.807, 2.05) is 32.0 Å². The van der Waals surface area contributed by atoms with Crippen molar-refractivity contribution in [2.24, 2.45) is 0 Å². The maximum atomic E-state index is 13.6. The molecule has 4 rings (SSSR count). The topological polar surface area (TPSA) is 92.4 Å². The van der Waals surface area contributed by atoms with Crippen LogP contribution in [-0.2, 0) is 9.84 Å². The van der Waals surface area contributed by atoms with Crippen molar-refractivity contribution in [3.05, 3.63) is 52.1 Å². The van der Waals surface area contributed by atoms with Crippen molar-refractivity contribution < 1.29 is 17.9 Å². The van der Waals surface area contributed by atoms with Crippen LogP contribution in [0.2, 0.25) is 0 Å². The number of imidazole rings is 1. The molecule has 1 aromatic carbocycles. The lowest BCUT2D eigenvalue weighted by molar-refractivity contribution is 0.296. The Morgan fingerprint density at radius 1 is 1.19 bits per heavy atom. The van der Waals surface area contributed by atoms with E-state index in [0.29, 0.717) is 23.6 Å². The molecule has 166 valence electrons. The molecule has 0 unspecified atom stereocenters. The fourth-order valence-electron chi connectivity index (χ4n) is 3.94. The summed E-state index contributed by atoms with van der Waals surface area (Å²) in [7, 11) is -1.91. The van der Waals surface area contributed by atoms with Gasteiger partial charge in [-0.1, -0.05) is 6.07 Å². The third-order valence-corrected chi connectivity index (χ3v) is 6.36. The first-order valence-corrected chi connectivity index (χ1v) is 12.4. The number of aromatic nitrogens is 3. The summed E-state index contributed by atoms with van der Waals surface area (Å²) >= 11 is 0. The first-order chi connectivity index (χ1) is 14.7. The van der Waals surface area contributed by atoms with Gasteiger partial charge in [0.05, 0.1) is 42.2 Å². The monoisotopic (exact) mass is 445 g/mol. The summed E-state index contributed by atoms with van der Waals surface area (Å²) in [5.41, 5.74) is 2.79. The standard InChI is InChI=1S/C22H27N3O5S/c1-5-30-21-20(29-3)11-9-16(23-21)19(13-31(4,27)28)25-17-10-6-14(2)12-18(17)24(22(25)26)15-7-8-15/h6,9-12,15,19H,5,7-8,13H2,1-4H3/t19-/m1/s1. The largest absolute Gasteiger partial charge is 0.491 e. The molecule has 0 spiro atoms. The van der Waals surface area contributed by atoms with Gasteiger partial charge in [0.1, 0.15) is 9.84 Å². The number of hydrogen-bond acceptors (Lipinski definition) is 6. The highest BCUT2D eigenvalue weighted by atomic mass is 32.2. The van der Waals surface area contributed by atoms with Crippen LogP contribution in [0.3, 0.4) is 0 Å². The van der Waals surface area contributed by atoms with E-state index < -0.39 is 15.9 Å². The van der Waals surface area contributed by atoms with E-state index in [0.717, 1.165) is 23.9 Å². The van der Waals surface area contributed by atoms with Gasteiger partial charge in [0.2, 0.25) is 0 Å². The van der Waals surface area contributed by atoms with Crippen molar-refractivity contribution in [2.45, 2.75) is 38.8 Å². The zero-order chi connectivity index (χ0) is 22.3. The lowest BCUT2D eigenvalue weighted by Crippen LogP contribution is -2.32. The number of benzene rings is 1. The van der Waals surface area contributed by atoms with E-state index in [-0.39, 0.29) is 23.4 Å². The summed E-state index contributed by atoms with van der Waals surface area (Å²) in [6, 6.07) is 8.54. The maximum Gasteiger partial charge on any atom is 0.330 e. The van der Waals surface area contributed by atoms with Gasteiger partial charge < -0.3 is 9.47 Å². The molecule has 0 saturated heterocycles. The Morgan fingerprint density at radius 2 is 1.94 bits per heavy atom. The van der Waals surface area contributed by atoms with Gasteiger partial charge in [0.15, 0.2) is 5.75 Å². The van der Waals surface area contributed by atoms with E-state index in [9.17, 15) is 13.2 Å². The van der Waals surface area contributed by atoms with Crippen molar-refractivity contribution in [1.29, 1.82) is 0 Å². The van der Waals surface area contributed by atoms with E-state index in [4.69, 9.17) is 9.47 Å². The molecule has 2 heterocycles. The number of fused-ring (bicyclic) bond motifs is 1. The van der Waals surface area contributed by atoms with Gasteiger partial charge in [0, 0.05) is 12.3 Å². The fraction of sp³-hybridized carbons (Fsp3) is 0.455. The fourth-order valence-corrected chi connectivity index (χ4v) is 4.83. The zero-order valence-electron chi connectivity index (χ0n) is 18.2. The third kappa shape index (κ3) is 4.19. The second-order valence-corrected chi connectivity index (χ2v) is 10.2. The molecule has 1 aliphatic rings. The van der Waals surface area contributed by atoms with E-state index >= 15 is 0 Å². The van der Waals surface area contributed by atoms with Gasteiger partial charge in [-0.3, -0.25) is 9.13 Å². The molecular weight excluding hydrogens is 418 g/mol. The smallest absolute Gasteiger partial charge is 0.330 e. The number of aryl methyl sites for hydroxylation is 1. The van der Waals surface area contributed by atoms with Crippen LogP contribution < -0.4 is 15.2 Å². The van der Waals surface area contributed by atoms with Gasteiger partial charge in [-0.05, 0) is 56.5 Å². The second-order valence-electron chi connectivity index (χ2n) is 8.03. The second kappa shape index (κ2) is 8.03. The molecule has 3 aromatic rings. The van der Waals surface area contributed by atoms with E-state index in [1.165, 1.54) is 13.4 Å². The maximum absolute atomic E-state index is 13.6. The molecule has 1 aliphatic carbocycles. The lowest BCUT2D eigenvalue weighted by atomic mass is 10.1. The average Bonchev–Trinajstić information content (AvgIpc) is 3.49. The Hall–Kier alpha value is -2.81. The summed E-state index contributed by atoms with van der Waals surface area (Å²) in [6.45, 7) is 4.19. The van der Waals surface area contributed by atoms with Crippen LogP contribution in [0.5, 0.6) is 11.6 Å². The number of sulfone groups is 1. The van der Waals surface area contributed by atoms with Crippen molar-refractivity contribution in [2.75, 3.05) is 25.7 Å². The van der Waals surface area contributed by atoms with Crippen molar-refractivity contribution in [3.8, 4) is 11.6 Å². The van der Waals surface area contributed by atoms with Crippen LogP contribution in [0.15, 0.2) is 35.1 Å². The van der Waals surface area contributed by atoms with Crippen LogP contribution in [-0.4, -0.2) is 48.3 Å². The summed E-state index contributed by atoms with van der Waals surface area (Å²) in [5.74, 6) is 0.470. The summed E-state index contributed by atoms with van der Waals surface area (Å²) in [6.07, 6.45) is 3.06. The Bertz CT molecular complexity index is 1290. The number of methoxy groups -OCH3 is 1. The molecular formula is C22H27N3O5S. The molecule has 0 aliphatic heterocycles. The first-order valence-electron chi connectivity index (χ1n) is 10.3. The Balaban J connectivity index is 1.97. The van der Waals surface area contributed by atoms with Crippen molar-refractivity contribution >= 4 is 20.9 Å². The van der Waals surface area contributed by atoms with E-state index in [1.54, 1.807) is 21.3 Å². The molecule has 1 fully saturated rings. The SMILES string of the molecule is CCOc1nc([C@@H](CS(C)(=O)=O)n2c(=O)n(C3CC3)c3cc(C)ccc32)ccc1OC. The first kappa shape index (κ1) is 21.4. The van der Waals surface area contributed by atoms with Gasteiger partial charge in [-0.15, -0.1) is 0 Å². The van der Waals surface area contributed by atoms with Crippen molar-refractivity contribution in [1.82, 2.24) is 14.1 Å². The molecule has 9 heteroatoms. The predicted molar refractivity (Wildman–Crippen MR) is 119 cm³/mol. The molecule has 31 heavy (non-hydrogen) atoms. The zero-order valence-corrected chi connectivity index (χ0v) is 19.0. The minimum absolute atomic E-state index is 0.153. The highest BCUT2D eigenvalue weighted by molar-refractivity contribution is 7.90. The molecule has 1 saturated carbocycles. The van der Waals surface area contributed by atoms with Crippen LogP contribution >= 0.6 is 0 Å². The number of rotatable bonds is 8.